The molecule has 22 heavy (non-hydrogen) atoms. The second-order valence-electron chi connectivity index (χ2n) is 4.99. The van der Waals surface area contributed by atoms with E-state index in [0.717, 1.165) is 0 Å². The normalized spacial score (nSPS) is 11.3. The third-order valence-corrected chi connectivity index (χ3v) is 4.47. The third kappa shape index (κ3) is 4.28. The van der Waals surface area contributed by atoms with Crippen LogP contribution in [0.15, 0.2) is 17.0 Å². The second kappa shape index (κ2) is 6.89. The van der Waals surface area contributed by atoms with E-state index in [9.17, 15) is 18.0 Å². The van der Waals surface area contributed by atoms with Crippen molar-refractivity contribution >= 4 is 21.9 Å². The van der Waals surface area contributed by atoms with Gasteiger partial charge in [-0.2, -0.15) is 0 Å². The fourth-order valence-corrected chi connectivity index (χ4v) is 2.94. The van der Waals surface area contributed by atoms with Gasteiger partial charge in [-0.25, -0.2) is 13.6 Å². The van der Waals surface area contributed by atoms with Crippen molar-refractivity contribution in [3.05, 3.63) is 28.8 Å². The summed E-state index contributed by atoms with van der Waals surface area (Å²) in [6.45, 7) is 5.41. The Bertz CT molecular complexity index is 697. The van der Waals surface area contributed by atoms with Gasteiger partial charge in [0, 0.05) is 18.7 Å². The van der Waals surface area contributed by atoms with Gasteiger partial charge in [-0.3, -0.25) is 9.59 Å². The summed E-state index contributed by atoms with van der Waals surface area (Å²) < 4.78 is 23.2. The zero-order chi connectivity index (χ0) is 17.1. The second-order valence-corrected chi connectivity index (χ2v) is 6.52. The van der Waals surface area contributed by atoms with Crippen LogP contribution in [0, 0.1) is 13.8 Å². The maximum Gasteiger partial charge on any atom is 0.305 e. The number of hydrogen-bond acceptors (Lipinski definition) is 4. The zero-order valence-corrected chi connectivity index (χ0v) is 13.6. The van der Waals surface area contributed by atoms with Gasteiger partial charge in [0.1, 0.15) is 0 Å². The first kappa shape index (κ1) is 18.1. The van der Waals surface area contributed by atoms with E-state index in [2.05, 4.69) is 0 Å². The van der Waals surface area contributed by atoms with E-state index in [1.807, 2.05) is 0 Å². The Kier molecular flexibility index (Phi) is 5.67. The van der Waals surface area contributed by atoms with Gasteiger partial charge >= 0.3 is 5.97 Å². The minimum Gasteiger partial charge on any atom is -0.481 e. The molecule has 7 nitrogen and oxygen atoms in total. The highest BCUT2D eigenvalue weighted by Crippen LogP contribution is 2.21. The standard InChI is InChI=1S/C14H20N2O5S/c1-4-16(6-5-13(17)18)14(19)11-7-9(2)10(3)12(8-11)22(15,20)21/h7-8H,4-6H2,1-3H3,(H,17,18)(H2,15,20,21). The Morgan fingerprint density at radius 1 is 1.27 bits per heavy atom. The summed E-state index contributed by atoms with van der Waals surface area (Å²) in [6.07, 6.45) is -0.174. The van der Waals surface area contributed by atoms with Crippen molar-refractivity contribution in [1.29, 1.82) is 0 Å². The molecule has 0 fully saturated rings. The largest absolute Gasteiger partial charge is 0.481 e. The summed E-state index contributed by atoms with van der Waals surface area (Å²) in [5.74, 6) is -1.42. The number of benzene rings is 1. The summed E-state index contributed by atoms with van der Waals surface area (Å²) >= 11 is 0. The molecular formula is C14H20N2O5S. The van der Waals surface area contributed by atoms with Crippen molar-refractivity contribution in [2.24, 2.45) is 5.14 Å². The predicted octanol–water partition coefficient (Wildman–Crippen LogP) is 0.888. The molecule has 0 aliphatic carbocycles. The lowest BCUT2D eigenvalue weighted by Crippen LogP contribution is -2.33. The molecule has 1 amide bonds. The van der Waals surface area contributed by atoms with Crippen LogP contribution < -0.4 is 5.14 Å². The Balaban J connectivity index is 3.23. The molecule has 1 aromatic carbocycles. The Morgan fingerprint density at radius 3 is 2.32 bits per heavy atom. The molecule has 8 heteroatoms. The summed E-state index contributed by atoms with van der Waals surface area (Å²) in [4.78, 5) is 24.3. The van der Waals surface area contributed by atoms with E-state index in [4.69, 9.17) is 10.2 Å². The number of primary sulfonamides is 1. The van der Waals surface area contributed by atoms with Crippen molar-refractivity contribution in [3.63, 3.8) is 0 Å². The van der Waals surface area contributed by atoms with Crippen LogP contribution in [-0.4, -0.2) is 43.4 Å². The highest BCUT2D eigenvalue weighted by molar-refractivity contribution is 7.89. The number of rotatable bonds is 6. The number of aryl methyl sites for hydroxylation is 1. The van der Waals surface area contributed by atoms with Crippen LogP contribution in [0.1, 0.15) is 34.8 Å². The average Bonchev–Trinajstić information content (AvgIpc) is 2.40. The smallest absolute Gasteiger partial charge is 0.305 e. The van der Waals surface area contributed by atoms with Gasteiger partial charge in [0.25, 0.3) is 5.91 Å². The van der Waals surface area contributed by atoms with Gasteiger partial charge in [-0.05, 0) is 44.0 Å². The predicted molar refractivity (Wildman–Crippen MR) is 81.1 cm³/mol. The molecule has 122 valence electrons. The average molecular weight is 328 g/mol. The van der Waals surface area contributed by atoms with Gasteiger partial charge in [0.2, 0.25) is 10.0 Å². The lowest BCUT2D eigenvalue weighted by Gasteiger charge is -2.21. The van der Waals surface area contributed by atoms with Crippen LogP contribution in [-0.2, 0) is 14.8 Å². The van der Waals surface area contributed by atoms with Gasteiger partial charge in [-0.1, -0.05) is 0 Å². The molecule has 0 aromatic heterocycles. The van der Waals surface area contributed by atoms with E-state index >= 15 is 0 Å². The third-order valence-electron chi connectivity index (χ3n) is 3.44. The number of hydrogen-bond donors (Lipinski definition) is 2. The summed E-state index contributed by atoms with van der Waals surface area (Å²) in [6, 6.07) is 2.82. The van der Waals surface area contributed by atoms with Crippen LogP contribution in [0.2, 0.25) is 0 Å². The molecule has 1 aromatic rings. The molecular weight excluding hydrogens is 308 g/mol. The monoisotopic (exact) mass is 328 g/mol. The molecule has 0 aliphatic rings. The SMILES string of the molecule is CCN(CCC(=O)O)C(=O)c1cc(C)c(C)c(S(N)(=O)=O)c1. The Hall–Kier alpha value is -1.93. The molecule has 0 spiro atoms. The van der Waals surface area contributed by atoms with Gasteiger partial charge < -0.3 is 10.0 Å². The number of carbonyl (C=O) groups is 2. The first-order chi connectivity index (χ1) is 10.1. The minimum absolute atomic E-state index is 0.0578. The van der Waals surface area contributed by atoms with Gasteiger partial charge in [0.15, 0.2) is 0 Å². The van der Waals surface area contributed by atoms with E-state index in [1.165, 1.54) is 11.0 Å². The van der Waals surface area contributed by atoms with Crippen LogP contribution >= 0.6 is 0 Å². The Labute approximate surface area is 129 Å². The summed E-state index contributed by atoms with van der Waals surface area (Å²) in [7, 11) is -3.94. The fourth-order valence-electron chi connectivity index (χ4n) is 2.06. The number of sulfonamides is 1. The first-order valence-corrected chi connectivity index (χ1v) is 8.27. The van der Waals surface area contributed by atoms with Crippen LogP contribution in [0.5, 0.6) is 0 Å². The molecule has 0 radical (unpaired) electrons. The van der Waals surface area contributed by atoms with E-state index in [-0.39, 0.29) is 23.4 Å². The minimum atomic E-state index is -3.94. The summed E-state index contributed by atoms with van der Waals surface area (Å²) in [5.41, 5.74) is 1.30. The summed E-state index contributed by atoms with van der Waals surface area (Å²) in [5, 5.41) is 13.9. The number of aliphatic carboxylic acids is 1. The van der Waals surface area contributed by atoms with Gasteiger partial charge in [-0.15, -0.1) is 0 Å². The van der Waals surface area contributed by atoms with E-state index in [1.54, 1.807) is 26.8 Å². The highest BCUT2D eigenvalue weighted by Gasteiger charge is 2.20. The van der Waals surface area contributed by atoms with Crippen molar-refractivity contribution in [1.82, 2.24) is 4.90 Å². The molecule has 0 unspecified atom stereocenters. The van der Waals surface area contributed by atoms with Crippen molar-refractivity contribution in [2.75, 3.05) is 13.1 Å². The van der Waals surface area contributed by atoms with Crippen LogP contribution in [0.3, 0.4) is 0 Å². The topological polar surface area (TPSA) is 118 Å². The Morgan fingerprint density at radius 2 is 1.86 bits per heavy atom. The van der Waals surface area contributed by atoms with Crippen molar-refractivity contribution < 1.29 is 23.1 Å². The number of carbonyl (C=O) groups excluding carboxylic acids is 1. The molecule has 0 saturated carbocycles. The molecule has 0 bridgehead atoms. The molecule has 0 aliphatic heterocycles. The zero-order valence-electron chi connectivity index (χ0n) is 12.8. The number of carboxylic acids is 1. The maximum atomic E-state index is 12.4. The van der Waals surface area contributed by atoms with Crippen molar-refractivity contribution in [3.8, 4) is 0 Å². The van der Waals surface area contributed by atoms with Crippen LogP contribution in [0.25, 0.3) is 0 Å². The molecule has 0 heterocycles. The number of nitrogens with zero attached hydrogens (tertiary/aromatic N) is 1. The number of amides is 1. The number of nitrogens with two attached hydrogens (primary N) is 1. The van der Waals surface area contributed by atoms with Gasteiger partial charge in [0.05, 0.1) is 11.3 Å². The maximum absolute atomic E-state index is 12.4. The molecule has 3 N–H and O–H groups in total. The van der Waals surface area contributed by atoms with E-state index in [0.29, 0.717) is 17.7 Å². The van der Waals surface area contributed by atoms with E-state index < -0.39 is 21.9 Å². The molecule has 1 rings (SSSR count). The quantitative estimate of drug-likeness (QED) is 0.804. The first-order valence-electron chi connectivity index (χ1n) is 6.73. The lowest BCUT2D eigenvalue weighted by atomic mass is 10.1. The van der Waals surface area contributed by atoms with Crippen LogP contribution in [0.4, 0.5) is 0 Å². The number of carboxylic acid groups (broad SMARTS) is 1. The van der Waals surface area contributed by atoms with Crippen molar-refractivity contribution in [2.45, 2.75) is 32.1 Å². The molecule has 0 saturated heterocycles. The fraction of sp³-hybridized carbons (Fsp3) is 0.429. The molecule has 0 atom stereocenters. The highest BCUT2D eigenvalue weighted by atomic mass is 32.2. The lowest BCUT2D eigenvalue weighted by molar-refractivity contribution is -0.137.